The van der Waals surface area contributed by atoms with E-state index in [1.807, 2.05) is 19.9 Å². The molecule has 1 saturated heterocycles. The van der Waals surface area contributed by atoms with Crippen LogP contribution in [0.4, 0.5) is 10.6 Å². The van der Waals surface area contributed by atoms with Gasteiger partial charge >= 0.3 is 6.03 Å². The molecule has 3 atom stereocenters. The lowest BCUT2D eigenvalue weighted by molar-refractivity contribution is -0.122. The number of nitrogens with zero attached hydrogens (tertiary/aromatic N) is 4. The highest BCUT2D eigenvalue weighted by Gasteiger charge is 2.53. The van der Waals surface area contributed by atoms with Crippen molar-refractivity contribution in [2.24, 2.45) is 18.9 Å². The van der Waals surface area contributed by atoms with Crippen LogP contribution in [0.2, 0.25) is 0 Å². The van der Waals surface area contributed by atoms with E-state index in [4.69, 9.17) is 0 Å². The molecule has 0 bridgehead atoms. The molecule has 2 aliphatic carbocycles. The number of rotatable bonds is 1. The van der Waals surface area contributed by atoms with Crippen LogP contribution in [0, 0.1) is 23.2 Å². The molecule has 1 fully saturated rings. The Labute approximate surface area is 163 Å². The fourth-order valence-electron chi connectivity index (χ4n) is 5.05. The van der Waals surface area contributed by atoms with Crippen LogP contribution in [0.25, 0.3) is 0 Å². The minimum atomic E-state index is -0.977. The van der Waals surface area contributed by atoms with Crippen LogP contribution in [0.3, 0.4) is 0 Å². The highest BCUT2D eigenvalue weighted by molar-refractivity contribution is 6.23. The average Bonchev–Trinajstić information content (AvgIpc) is 3.05. The summed E-state index contributed by atoms with van der Waals surface area (Å²) in [7, 11) is 1.71. The second-order valence-corrected chi connectivity index (χ2v) is 8.72. The number of urea groups is 1. The average molecular weight is 381 g/mol. The van der Waals surface area contributed by atoms with Crippen molar-refractivity contribution in [3.63, 3.8) is 0 Å². The molecular formula is C20H23N5O3. The van der Waals surface area contributed by atoms with Crippen LogP contribution >= 0.6 is 0 Å². The van der Waals surface area contributed by atoms with Gasteiger partial charge in [0.1, 0.15) is 17.4 Å². The lowest BCUT2D eigenvalue weighted by Gasteiger charge is -2.44. The summed E-state index contributed by atoms with van der Waals surface area (Å²) < 4.78 is 1.57. The number of carbonyl (C=O) groups excluding carboxylic acids is 3. The van der Waals surface area contributed by atoms with Gasteiger partial charge in [0.05, 0.1) is 11.3 Å². The number of anilines is 1. The van der Waals surface area contributed by atoms with Crippen molar-refractivity contribution >= 4 is 23.5 Å². The fraction of sp³-hybridized carbons (Fsp3) is 0.550. The Kier molecular flexibility index (Phi) is 3.64. The number of amides is 3. The van der Waals surface area contributed by atoms with Crippen molar-refractivity contribution in [2.75, 3.05) is 4.90 Å². The summed E-state index contributed by atoms with van der Waals surface area (Å²) in [6.45, 7) is 7.19. The molecule has 1 aliphatic heterocycles. The van der Waals surface area contributed by atoms with Gasteiger partial charge in [-0.2, -0.15) is 10.4 Å². The number of nitriles is 1. The molecule has 1 N–H and O–H groups in total. The Morgan fingerprint density at radius 1 is 1.29 bits per heavy atom. The van der Waals surface area contributed by atoms with Crippen LogP contribution in [-0.4, -0.2) is 33.0 Å². The van der Waals surface area contributed by atoms with E-state index < -0.39 is 17.0 Å². The zero-order valence-corrected chi connectivity index (χ0v) is 16.7. The van der Waals surface area contributed by atoms with E-state index in [1.165, 1.54) is 4.90 Å². The third-order valence-electron chi connectivity index (χ3n) is 6.52. The number of nitrogens with one attached hydrogen (secondary N) is 1. The molecule has 3 amide bonds. The summed E-state index contributed by atoms with van der Waals surface area (Å²) in [6.07, 6.45) is 3.06. The zero-order chi connectivity index (χ0) is 20.6. The van der Waals surface area contributed by atoms with Crippen molar-refractivity contribution in [3.8, 4) is 6.07 Å². The second kappa shape index (κ2) is 5.53. The summed E-state index contributed by atoms with van der Waals surface area (Å²) in [5, 5.41) is 16.8. The van der Waals surface area contributed by atoms with E-state index in [2.05, 4.69) is 10.4 Å². The van der Waals surface area contributed by atoms with E-state index in [0.29, 0.717) is 12.2 Å². The Bertz CT molecular complexity index is 1010. The Balaban J connectivity index is 1.90. The number of Topliss-reactive ketones (excluding diaryl/α,β-unsaturated/α-hetero) is 1. The van der Waals surface area contributed by atoms with Crippen molar-refractivity contribution < 1.29 is 14.4 Å². The molecule has 4 rings (SSSR count). The van der Waals surface area contributed by atoms with E-state index in [-0.39, 0.29) is 29.1 Å². The van der Waals surface area contributed by atoms with Gasteiger partial charge in [-0.3, -0.25) is 14.3 Å². The molecule has 0 aromatic carbocycles. The van der Waals surface area contributed by atoms with E-state index >= 15 is 0 Å². The number of hydrogen-bond acceptors (Lipinski definition) is 5. The summed E-state index contributed by atoms with van der Waals surface area (Å²) in [6, 6.07) is 1.56. The van der Waals surface area contributed by atoms with E-state index in [0.717, 1.165) is 17.7 Å². The number of aromatic nitrogens is 2. The van der Waals surface area contributed by atoms with Gasteiger partial charge in [0.25, 0.3) is 5.91 Å². The Hall–Kier alpha value is -2.95. The first kappa shape index (κ1) is 18.4. The van der Waals surface area contributed by atoms with Crippen molar-refractivity contribution in [3.05, 3.63) is 22.9 Å². The highest BCUT2D eigenvalue weighted by Crippen LogP contribution is 2.51. The molecule has 8 heteroatoms. The predicted molar refractivity (Wildman–Crippen MR) is 100 cm³/mol. The molecule has 146 valence electrons. The Morgan fingerprint density at radius 2 is 1.96 bits per heavy atom. The van der Waals surface area contributed by atoms with Crippen LogP contribution in [0.15, 0.2) is 11.6 Å². The second-order valence-electron chi connectivity index (χ2n) is 8.72. The number of allylic oxidation sites excluding steroid dienone is 2. The maximum absolute atomic E-state index is 12.8. The topological polar surface area (TPSA) is 108 Å². The fourth-order valence-corrected chi connectivity index (χ4v) is 5.05. The molecule has 28 heavy (non-hydrogen) atoms. The largest absolute Gasteiger partial charge is 0.330 e. The zero-order valence-electron chi connectivity index (χ0n) is 16.7. The minimum absolute atomic E-state index is 0.0203. The van der Waals surface area contributed by atoms with Crippen molar-refractivity contribution in [1.82, 2.24) is 15.1 Å². The van der Waals surface area contributed by atoms with E-state index in [1.54, 1.807) is 31.7 Å². The first-order valence-corrected chi connectivity index (χ1v) is 9.43. The molecular weight excluding hydrogens is 358 g/mol. The number of hydrogen-bond donors (Lipinski definition) is 1. The molecule has 0 saturated carbocycles. The molecule has 1 aromatic rings. The monoisotopic (exact) mass is 381 g/mol. The summed E-state index contributed by atoms with van der Waals surface area (Å²) in [5.74, 6) is -0.235. The van der Waals surface area contributed by atoms with Crippen molar-refractivity contribution in [1.29, 1.82) is 5.26 Å². The molecule has 8 nitrogen and oxygen atoms in total. The van der Waals surface area contributed by atoms with Crippen LogP contribution in [-0.2, 0) is 28.5 Å². The maximum Gasteiger partial charge on any atom is 0.330 e. The number of fused-ring (bicyclic) bond motifs is 3. The number of aryl methyl sites for hydroxylation is 1. The SMILES string of the molecule is CC1C(=O)C(C#N)=CC2(C)c3nn(C)c(N4C(=O)NC(C)(C)C4=O)c3CCC12. The number of imide groups is 1. The normalized spacial score (nSPS) is 31.1. The van der Waals surface area contributed by atoms with Crippen LogP contribution < -0.4 is 10.2 Å². The quantitative estimate of drug-likeness (QED) is 0.746. The summed E-state index contributed by atoms with van der Waals surface area (Å²) >= 11 is 0. The van der Waals surface area contributed by atoms with Crippen LogP contribution in [0.1, 0.15) is 45.4 Å². The Morgan fingerprint density at radius 3 is 2.54 bits per heavy atom. The van der Waals surface area contributed by atoms with Gasteiger partial charge < -0.3 is 5.32 Å². The third kappa shape index (κ3) is 2.16. The van der Waals surface area contributed by atoms with Gasteiger partial charge in [-0.15, -0.1) is 0 Å². The first-order chi connectivity index (χ1) is 13.0. The third-order valence-corrected chi connectivity index (χ3v) is 6.52. The molecule has 2 heterocycles. The van der Waals surface area contributed by atoms with Crippen LogP contribution in [0.5, 0.6) is 0 Å². The molecule has 0 spiro atoms. The molecule has 3 aliphatic rings. The lowest BCUT2D eigenvalue weighted by atomic mass is 9.58. The van der Waals surface area contributed by atoms with Gasteiger partial charge in [-0.25, -0.2) is 9.69 Å². The molecule has 1 aromatic heterocycles. The predicted octanol–water partition coefficient (Wildman–Crippen LogP) is 1.74. The standard InChI is InChI=1S/C20H23N5O3/c1-10-13-7-6-12-15(20(13,4)8-11(9-21)14(10)26)23-24(5)16(12)25-17(27)19(2,3)22-18(25)28/h8,10,13H,6-7H2,1-5H3,(H,22,28). The summed E-state index contributed by atoms with van der Waals surface area (Å²) in [4.78, 5) is 39.0. The first-order valence-electron chi connectivity index (χ1n) is 9.43. The number of ketones is 1. The highest BCUT2D eigenvalue weighted by atomic mass is 16.2. The van der Waals surface area contributed by atoms with Crippen molar-refractivity contribution in [2.45, 2.75) is 51.5 Å². The van der Waals surface area contributed by atoms with Gasteiger partial charge in [-0.05, 0) is 32.6 Å². The van der Waals surface area contributed by atoms with E-state index in [9.17, 15) is 19.6 Å². The maximum atomic E-state index is 12.8. The minimum Gasteiger partial charge on any atom is -0.323 e. The molecule has 3 unspecified atom stereocenters. The van der Waals surface area contributed by atoms with Gasteiger partial charge in [0.15, 0.2) is 5.78 Å². The lowest BCUT2D eigenvalue weighted by Crippen LogP contribution is -2.45. The molecule has 0 radical (unpaired) electrons. The van der Waals surface area contributed by atoms with Gasteiger partial charge in [-0.1, -0.05) is 19.9 Å². The number of carbonyl (C=O) groups is 3. The van der Waals surface area contributed by atoms with Gasteiger partial charge in [0.2, 0.25) is 0 Å². The smallest absolute Gasteiger partial charge is 0.323 e. The summed E-state index contributed by atoms with van der Waals surface area (Å²) in [5.41, 5.74) is 0.143. The van der Waals surface area contributed by atoms with Gasteiger partial charge in [0, 0.05) is 23.9 Å².